The van der Waals surface area contributed by atoms with Crippen LogP contribution in [0.15, 0.2) is 30.9 Å². The van der Waals surface area contributed by atoms with E-state index in [1.807, 2.05) is 10.7 Å². The van der Waals surface area contributed by atoms with Crippen molar-refractivity contribution in [3.05, 3.63) is 36.4 Å². The molecule has 0 N–H and O–H groups in total. The Kier molecular flexibility index (Phi) is 4.15. The SMILES string of the molecule is c1ncn(CC2CCCN(Cc3ccc4c(c3)OCCO4)C2)n1. The highest BCUT2D eigenvalue weighted by atomic mass is 16.6. The van der Waals surface area contributed by atoms with Gasteiger partial charge in [0.25, 0.3) is 0 Å². The third-order valence-electron chi connectivity index (χ3n) is 4.53. The summed E-state index contributed by atoms with van der Waals surface area (Å²) < 4.78 is 13.2. The minimum Gasteiger partial charge on any atom is -0.486 e. The summed E-state index contributed by atoms with van der Waals surface area (Å²) in [5.74, 6) is 2.38. The second-order valence-electron chi connectivity index (χ2n) is 6.34. The van der Waals surface area contributed by atoms with E-state index in [-0.39, 0.29) is 0 Å². The first-order chi connectivity index (χ1) is 11.4. The topological polar surface area (TPSA) is 52.4 Å². The summed E-state index contributed by atoms with van der Waals surface area (Å²) >= 11 is 0. The Morgan fingerprint density at radius 1 is 1.17 bits per heavy atom. The average molecular weight is 314 g/mol. The van der Waals surface area contributed by atoms with E-state index >= 15 is 0 Å². The van der Waals surface area contributed by atoms with Crippen molar-refractivity contribution in [3.8, 4) is 11.5 Å². The molecule has 1 aromatic carbocycles. The molecule has 3 heterocycles. The van der Waals surface area contributed by atoms with E-state index in [0.29, 0.717) is 19.1 Å². The molecule has 1 aromatic heterocycles. The first kappa shape index (κ1) is 14.5. The molecule has 6 heteroatoms. The molecule has 1 atom stereocenters. The number of benzene rings is 1. The summed E-state index contributed by atoms with van der Waals surface area (Å²) in [6, 6.07) is 6.30. The second kappa shape index (κ2) is 6.58. The minimum absolute atomic E-state index is 0.639. The lowest BCUT2D eigenvalue weighted by Crippen LogP contribution is -2.36. The first-order valence-electron chi connectivity index (χ1n) is 8.30. The van der Waals surface area contributed by atoms with Crippen molar-refractivity contribution in [1.82, 2.24) is 19.7 Å². The van der Waals surface area contributed by atoms with E-state index in [9.17, 15) is 0 Å². The number of nitrogens with zero attached hydrogens (tertiary/aromatic N) is 4. The second-order valence-corrected chi connectivity index (χ2v) is 6.34. The Labute approximate surface area is 136 Å². The Morgan fingerprint density at radius 2 is 2.09 bits per heavy atom. The molecular weight excluding hydrogens is 292 g/mol. The van der Waals surface area contributed by atoms with Crippen LogP contribution in [0.25, 0.3) is 0 Å². The van der Waals surface area contributed by atoms with Crippen LogP contribution in [0.3, 0.4) is 0 Å². The lowest BCUT2D eigenvalue weighted by Gasteiger charge is -2.32. The molecule has 0 amide bonds. The van der Waals surface area contributed by atoms with Crippen LogP contribution in [0.2, 0.25) is 0 Å². The van der Waals surface area contributed by atoms with Gasteiger partial charge in [0.1, 0.15) is 25.9 Å². The van der Waals surface area contributed by atoms with Gasteiger partial charge in [0, 0.05) is 19.6 Å². The molecule has 2 aliphatic rings. The van der Waals surface area contributed by atoms with Crippen LogP contribution in [-0.2, 0) is 13.1 Å². The Morgan fingerprint density at radius 3 is 2.96 bits per heavy atom. The van der Waals surface area contributed by atoms with Gasteiger partial charge < -0.3 is 9.47 Å². The van der Waals surface area contributed by atoms with Crippen molar-refractivity contribution in [2.24, 2.45) is 5.92 Å². The molecule has 1 unspecified atom stereocenters. The molecule has 6 nitrogen and oxygen atoms in total. The molecule has 2 aromatic rings. The molecule has 4 rings (SSSR count). The zero-order valence-electron chi connectivity index (χ0n) is 13.2. The largest absolute Gasteiger partial charge is 0.486 e. The van der Waals surface area contributed by atoms with Crippen LogP contribution in [0, 0.1) is 5.92 Å². The fourth-order valence-corrected chi connectivity index (χ4v) is 3.48. The predicted molar refractivity (Wildman–Crippen MR) is 85.5 cm³/mol. The number of hydrogen-bond acceptors (Lipinski definition) is 5. The molecular formula is C17H22N4O2. The number of hydrogen-bond donors (Lipinski definition) is 0. The Hall–Kier alpha value is -2.08. The van der Waals surface area contributed by atoms with Crippen molar-refractivity contribution in [2.45, 2.75) is 25.9 Å². The lowest BCUT2D eigenvalue weighted by atomic mass is 9.97. The number of piperidine rings is 1. The van der Waals surface area contributed by atoms with Crippen LogP contribution in [0.4, 0.5) is 0 Å². The fourth-order valence-electron chi connectivity index (χ4n) is 3.48. The van der Waals surface area contributed by atoms with Gasteiger partial charge in [-0.15, -0.1) is 0 Å². The molecule has 122 valence electrons. The van der Waals surface area contributed by atoms with E-state index in [1.165, 1.54) is 18.4 Å². The number of fused-ring (bicyclic) bond motifs is 1. The summed E-state index contributed by atoms with van der Waals surface area (Å²) in [6.45, 7) is 5.46. The maximum atomic E-state index is 5.68. The van der Waals surface area contributed by atoms with E-state index in [4.69, 9.17) is 9.47 Å². The van der Waals surface area contributed by atoms with Gasteiger partial charge in [-0.2, -0.15) is 5.10 Å². The van der Waals surface area contributed by atoms with Crippen molar-refractivity contribution in [3.63, 3.8) is 0 Å². The normalized spacial score (nSPS) is 21.3. The van der Waals surface area contributed by atoms with Crippen LogP contribution < -0.4 is 9.47 Å². The third-order valence-corrected chi connectivity index (χ3v) is 4.53. The summed E-state index contributed by atoms with van der Waals surface area (Å²) in [6.07, 6.45) is 5.91. The molecule has 0 spiro atoms. The number of rotatable bonds is 4. The van der Waals surface area contributed by atoms with E-state index in [2.05, 4.69) is 27.1 Å². The van der Waals surface area contributed by atoms with Crippen LogP contribution >= 0.6 is 0 Å². The van der Waals surface area contributed by atoms with Crippen molar-refractivity contribution in [1.29, 1.82) is 0 Å². The van der Waals surface area contributed by atoms with Crippen LogP contribution in [0.1, 0.15) is 18.4 Å². The van der Waals surface area contributed by atoms with Crippen molar-refractivity contribution < 1.29 is 9.47 Å². The van der Waals surface area contributed by atoms with Gasteiger partial charge in [0.15, 0.2) is 11.5 Å². The maximum Gasteiger partial charge on any atom is 0.161 e. The van der Waals surface area contributed by atoms with Gasteiger partial charge in [-0.25, -0.2) is 4.98 Å². The van der Waals surface area contributed by atoms with Gasteiger partial charge >= 0.3 is 0 Å². The average Bonchev–Trinajstić information content (AvgIpc) is 3.08. The lowest BCUT2D eigenvalue weighted by molar-refractivity contribution is 0.151. The molecule has 2 aliphatic heterocycles. The minimum atomic E-state index is 0.639. The molecule has 0 bridgehead atoms. The molecule has 1 saturated heterocycles. The fraction of sp³-hybridized carbons (Fsp3) is 0.529. The van der Waals surface area contributed by atoms with Crippen molar-refractivity contribution >= 4 is 0 Å². The highest BCUT2D eigenvalue weighted by molar-refractivity contribution is 5.43. The zero-order chi connectivity index (χ0) is 15.5. The van der Waals surface area contributed by atoms with Gasteiger partial charge in [0.2, 0.25) is 0 Å². The van der Waals surface area contributed by atoms with Gasteiger partial charge in [0.05, 0.1) is 0 Å². The zero-order valence-corrected chi connectivity index (χ0v) is 13.2. The third kappa shape index (κ3) is 3.47. The monoisotopic (exact) mass is 314 g/mol. The van der Waals surface area contributed by atoms with Crippen molar-refractivity contribution in [2.75, 3.05) is 26.3 Å². The van der Waals surface area contributed by atoms with E-state index in [0.717, 1.165) is 37.7 Å². The molecule has 23 heavy (non-hydrogen) atoms. The van der Waals surface area contributed by atoms with Gasteiger partial charge in [-0.1, -0.05) is 6.07 Å². The molecule has 1 fully saturated rings. The van der Waals surface area contributed by atoms with Crippen LogP contribution in [-0.4, -0.2) is 46.0 Å². The molecule has 0 aliphatic carbocycles. The van der Waals surface area contributed by atoms with Gasteiger partial charge in [-0.05, 0) is 43.0 Å². The standard InChI is InChI=1S/C17H22N4O2/c1-2-15(11-21-13-18-12-19-21)10-20(5-1)9-14-3-4-16-17(8-14)23-7-6-22-16/h3-4,8,12-13,15H,1-2,5-7,9-11H2. The summed E-state index contributed by atoms with van der Waals surface area (Å²) in [7, 11) is 0. The maximum absolute atomic E-state index is 5.68. The number of likely N-dealkylation sites (tertiary alicyclic amines) is 1. The highest BCUT2D eigenvalue weighted by Gasteiger charge is 2.21. The van der Waals surface area contributed by atoms with E-state index < -0.39 is 0 Å². The number of aromatic nitrogens is 3. The number of ether oxygens (including phenoxy) is 2. The predicted octanol–water partition coefficient (Wildman–Crippen LogP) is 1.96. The summed E-state index contributed by atoms with van der Waals surface area (Å²) in [5.41, 5.74) is 1.29. The first-order valence-corrected chi connectivity index (χ1v) is 8.30. The van der Waals surface area contributed by atoms with E-state index in [1.54, 1.807) is 12.7 Å². The van der Waals surface area contributed by atoms with Gasteiger partial charge in [-0.3, -0.25) is 9.58 Å². The molecule has 0 radical (unpaired) electrons. The summed E-state index contributed by atoms with van der Waals surface area (Å²) in [5, 5.41) is 4.22. The Bertz CT molecular complexity index is 644. The Balaban J connectivity index is 1.38. The smallest absolute Gasteiger partial charge is 0.161 e. The highest BCUT2D eigenvalue weighted by Crippen LogP contribution is 2.31. The quantitative estimate of drug-likeness (QED) is 0.863. The van der Waals surface area contributed by atoms with Crippen LogP contribution in [0.5, 0.6) is 11.5 Å². The molecule has 0 saturated carbocycles. The summed E-state index contributed by atoms with van der Waals surface area (Å²) in [4.78, 5) is 6.55.